The van der Waals surface area contributed by atoms with E-state index in [0.717, 1.165) is 5.56 Å². The van der Waals surface area contributed by atoms with E-state index in [-0.39, 0.29) is 0 Å². The minimum atomic E-state index is -0.841. The van der Waals surface area contributed by atoms with Gasteiger partial charge in [-0.2, -0.15) is 0 Å². The number of benzene rings is 1. The largest absolute Gasteiger partial charge is 0.398 e. The second kappa shape index (κ2) is 6.75. The highest BCUT2D eigenvalue weighted by atomic mass is 16.2. The van der Waals surface area contributed by atoms with Gasteiger partial charge < -0.3 is 11.5 Å². The number of nitrogens with one attached hydrogen (secondary N) is 1. The SMILES string of the molecule is CCN(Cc1ccccc1N)C(C)C(=O)NC(N)=O. The van der Waals surface area contributed by atoms with E-state index >= 15 is 0 Å². The van der Waals surface area contributed by atoms with Crippen molar-refractivity contribution < 1.29 is 9.59 Å². The quantitative estimate of drug-likeness (QED) is 0.680. The Morgan fingerprint density at radius 1 is 1.37 bits per heavy atom. The van der Waals surface area contributed by atoms with Gasteiger partial charge in [0.1, 0.15) is 0 Å². The summed E-state index contributed by atoms with van der Waals surface area (Å²) < 4.78 is 0. The van der Waals surface area contributed by atoms with Crippen LogP contribution in [0.3, 0.4) is 0 Å². The minimum absolute atomic E-state index is 0.413. The van der Waals surface area contributed by atoms with Gasteiger partial charge in [-0.05, 0) is 25.1 Å². The van der Waals surface area contributed by atoms with Crippen molar-refractivity contribution in [3.63, 3.8) is 0 Å². The van der Waals surface area contributed by atoms with Gasteiger partial charge in [-0.15, -0.1) is 0 Å². The van der Waals surface area contributed by atoms with E-state index in [0.29, 0.717) is 18.8 Å². The Morgan fingerprint density at radius 2 is 2.00 bits per heavy atom. The molecule has 0 aromatic heterocycles. The standard InChI is InChI=1S/C13H20N4O2/c1-3-17(9(2)12(18)16-13(15)19)8-10-6-4-5-7-11(10)14/h4-7,9H,3,8,14H2,1-2H3,(H3,15,16,18,19). The number of imide groups is 1. The first-order valence-electron chi connectivity index (χ1n) is 6.13. The Hall–Kier alpha value is -2.08. The zero-order chi connectivity index (χ0) is 14.4. The molecule has 6 heteroatoms. The average Bonchev–Trinajstić information content (AvgIpc) is 2.36. The Morgan fingerprint density at radius 3 is 2.53 bits per heavy atom. The molecule has 0 saturated heterocycles. The molecule has 6 nitrogen and oxygen atoms in total. The summed E-state index contributed by atoms with van der Waals surface area (Å²) in [6.07, 6.45) is 0. The molecule has 0 fully saturated rings. The van der Waals surface area contributed by atoms with Gasteiger partial charge >= 0.3 is 6.03 Å². The molecule has 1 unspecified atom stereocenters. The van der Waals surface area contributed by atoms with Crippen molar-refractivity contribution in [3.8, 4) is 0 Å². The van der Waals surface area contributed by atoms with E-state index in [4.69, 9.17) is 11.5 Å². The van der Waals surface area contributed by atoms with Gasteiger partial charge in [0.05, 0.1) is 6.04 Å². The third kappa shape index (κ3) is 4.26. The summed E-state index contributed by atoms with van der Waals surface area (Å²) in [5, 5.41) is 2.08. The molecular formula is C13H20N4O2. The fourth-order valence-corrected chi connectivity index (χ4v) is 1.81. The average molecular weight is 264 g/mol. The smallest absolute Gasteiger partial charge is 0.318 e. The molecule has 3 amide bonds. The van der Waals surface area contributed by atoms with Crippen LogP contribution >= 0.6 is 0 Å². The van der Waals surface area contributed by atoms with E-state index in [1.807, 2.05) is 36.1 Å². The van der Waals surface area contributed by atoms with Crippen LogP contribution in [-0.2, 0) is 11.3 Å². The Kier molecular flexibility index (Phi) is 5.32. The summed E-state index contributed by atoms with van der Waals surface area (Å²) in [4.78, 5) is 24.3. The summed E-state index contributed by atoms with van der Waals surface area (Å²) >= 11 is 0. The first kappa shape index (κ1) is 15.0. The Labute approximate surface area is 112 Å². The lowest BCUT2D eigenvalue weighted by Gasteiger charge is -2.26. The molecule has 5 N–H and O–H groups in total. The topological polar surface area (TPSA) is 101 Å². The number of carbonyl (C=O) groups excluding carboxylic acids is 2. The molecule has 0 saturated carbocycles. The first-order chi connectivity index (χ1) is 8.95. The monoisotopic (exact) mass is 264 g/mol. The molecule has 0 heterocycles. The summed E-state index contributed by atoms with van der Waals surface area (Å²) in [5.41, 5.74) is 12.5. The van der Waals surface area contributed by atoms with E-state index in [9.17, 15) is 9.59 Å². The summed E-state index contributed by atoms with van der Waals surface area (Å²) in [7, 11) is 0. The number of rotatable bonds is 5. The number of anilines is 1. The predicted molar refractivity (Wildman–Crippen MR) is 74.1 cm³/mol. The maximum absolute atomic E-state index is 11.7. The molecule has 0 aliphatic rings. The van der Waals surface area contributed by atoms with Crippen LogP contribution in [0.15, 0.2) is 24.3 Å². The molecule has 1 aromatic rings. The molecule has 1 rings (SSSR count). The molecule has 0 aliphatic heterocycles. The van der Waals surface area contributed by atoms with Gasteiger partial charge in [-0.25, -0.2) is 4.79 Å². The molecule has 0 radical (unpaired) electrons. The third-order valence-electron chi connectivity index (χ3n) is 3.01. The zero-order valence-electron chi connectivity index (χ0n) is 11.2. The molecule has 19 heavy (non-hydrogen) atoms. The van der Waals surface area contributed by atoms with Gasteiger partial charge in [0.15, 0.2) is 0 Å². The number of urea groups is 1. The molecule has 104 valence electrons. The number of likely N-dealkylation sites (N-methyl/N-ethyl adjacent to an activating group) is 1. The predicted octanol–water partition coefficient (Wildman–Crippen LogP) is 0.674. The highest BCUT2D eigenvalue weighted by molar-refractivity contribution is 5.96. The second-order valence-corrected chi connectivity index (χ2v) is 4.29. The van der Waals surface area contributed by atoms with Crippen molar-refractivity contribution in [1.29, 1.82) is 0 Å². The van der Waals surface area contributed by atoms with Crippen LogP contribution in [0, 0.1) is 0 Å². The van der Waals surface area contributed by atoms with Gasteiger partial charge in [-0.3, -0.25) is 15.0 Å². The third-order valence-corrected chi connectivity index (χ3v) is 3.01. The lowest BCUT2D eigenvalue weighted by Crippen LogP contribution is -2.48. The van der Waals surface area contributed by atoms with Gasteiger partial charge in [-0.1, -0.05) is 25.1 Å². The van der Waals surface area contributed by atoms with Crippen LogP contribution < -0.4 is 16.8 Å². The van der Waals surface area contributed by atoms with Crippen molar-refractivity contribution in [1.82, 2.24) is 10.2 Å². The van der Waals surface area contributed by atoms with Crippen molar-refractivity contribution in [3.05, 3.63) is 29.8 Å². The summed E-state index contributed by atoms with van der Waals surface area (Å²) in [6, 6.07) is 6.18. The molecule has 0 aliphatic carbocycles. The maximum atomic E-state index is 11.7. The van der Waals surface area contributed by atoms with Gasteiger partial charge in [0, 0.05) is 12.2 Å². The molecule has 0 spiro atoms. The van der Waals surface area contributed by atoms with Crippen LogP contribution in [0.5, 0.6) is 0 Å². The highest BCUT2D eigenvalue weighted by Crippen LogP contribution is 2.15. The molecule has 0 bridgehead atoms. The number of hydrogen-bond donors (Lipinski definition) is 3. The Bertz CT molecular complexity index is 462. The van der Waals surface area contributed by atoms with E-state index in [1.54, 1.807) is 6.92 Å². The second-order valence-electron chi connectivity index (χ2n) is 4.29. The van der Waals surface area contributed by atoms with Gasteiger partial charge in [0.2, 0.25) is 5.91 Å². The number of para-hydroxylation sites is 1. The maximum Gasteiger partial charge on any atom is 0.318 e. The van der Waals surface area contributed by atoms with Crippen LogP contribution in [-0.4, -0.2) is 29.4 Å². The first-order valence-corrected chi connectivity index (χ1v) is 6.13. The fraction of sp³-hybridized carbons (Fsp3) is 0.385. The van der Waals surface area contributed by atoms with Gasteiger partial charge in [0.25, 0.3) is 0 Å². The van der Waals surface area contributed by atoms with Crippen LogP contribution in [0.2, 0.25) is 0 Å². The number of primary amides is 1. The molecular weight excluding hydrogens is 244 g/mol. The summed E-state index contributed by atoms with van der Waals surface area (Å²) in [5.74, 6) is -0.413. The van der Waals surface area contributed by atoms with Crippen LogP contribution in [0.1, 0.15) is 19.4 Å². The number of hydrogen-bond acceptors (Lipinski definition) is 4. The van der Waals surface area contributed by atoms with E-state index in [1.165, 1.54) is 0 Å². The number of nitrogens with zero attached hydrogens (tertiary/aromatic N) is 1. The molecule has 1 atom stereocenters. The molecule has 1 aromatic carbocycles. The number of nitrogen functional groups attached to an aromatic ring is 1. The summed E-state index contributed by atoms with van der Waals surface area (Å²) in [6.45, 7) is 4.85. The van der Waals surface area contributed by atoms with Crippen molar-refractivity contribution in [2.45, 2.75) is 26.4 Å². The number of amides is 3. The van der Waals surface area contributed by atoms with Crippen LogP contribution in [0.25, 0.3) is 0 Å². The Balaban J connectivity index is 2.75. The zero-order valence-corrected chi connectivity index (χ0v) is 11.2. The lowest BCUT2D eigenvalue weighted by molar-refractivity contribution is -0.124. The number of nitrogens with two attached hydrogens (primary N) is 2. The van der Waals surface area contributed by atoms with E-state index < -0.39 is 18.0 Å². The van der Waals surface area contributed by atoms with E-state index in [2.05, 4.69) is 5.32 Å². The lowest BCUT2D eigenvalue weighted by atomic mass is 10.1. The van der Waals surface area contributed by atoms with Crippen molar-refractivity contribution >= 4 is 17.6 Å². The normalized spacial score (nSPS) is 12.2. The van der Waals surface area contributed by atoms with Crippen LogP contribution in [0.4, 0.5) is 10.5 Å². The minimum Gasteiger partial charge on any atom is -0.398 e. The fourth-order valence-electron chi connectivity index (χ4n) is 1.81. The van der Waals surface area contributed by atoms with Crippen molar-refractivity contribution in [2.24, 2.45) is 5.73 Å². The van der Waals surface area contributed by atoms with Crippen molar-refractivity contribution in [2.75, 3.05) is 12.3 Å². The highest BCUT2D eigenvalue weighted by Gasteiger charge is 2.21. The number of carbonyl (C=O) groups is 2.